The Morgan fingerprint density at radius 2 is 1.54 bits per heavy atom. The van der Waals surface area contributed by atoms with Gasteiger partial charge in [-0.3, -0.25) is 4.79 Å². The Morgan fingerprint density at radius 3 is 2.21 bits per heavy atom. The summed E-state index contributed by atoms with van der Waals surface area (Å²) in [6.07, 6.45) is 8.48. The lowest BCUT2D eigenvalue weighted by atomic mass is 10.1. The molecule has 5 heteroatoms. The van der Waals surface area contributed by atoms with Gasteiger partial charge in [0.15, 0.2) is 5.82 Å². The minimum absolute atomic E-state index is 0.216. The van der Waals surface area contributed by atoms with Crippen molar-refractivity contribution in [3.05, 3.63) is 72.6 Å². The van der Waals surface area contributed by atoms with Gasteiger partial charge in [0.1, 0.15) is 0 Å². The van der Waals surface area contributed by atoms with Gasteiger partial charge < -0.3 is 10.6 Å². The van der Waals surface area contributed by atoms with E-state index < -0.39 is 0 Å². The minimum Gasteiger partial charge on any atom is -0.385 e. The fourth-order valence-electron chi connectivity index (χ4n) is 3.53. The second kappa shape index (κ2) is 8.65. The van der Waals surface area contributed by atoms with Crippen molar-refractivity contribution < 1.29 is 4.79 Å². The molecule has 0 radical (unpaired) electrons. The van der Waals surface area contributed by atoms with E-state index in [1.165, 1.54) is 25.7 Å². The molecule has 5 nitrogen and oxygen atoms in total. The summed E-state index contributed by atoms with van der Waals surface area (Å²) < 4.78 is 0. The molecule has 0 aliphatic heterocycles. The first-order valence-corrected chi connectivity index (χ1v) is 9.81. The zero-order valence-electron chi connectivity index (χ0n) is 15.8. The molecule has 2 N–H and O–H groups in total. The number of benzene rings is 2. The van der Waals surface area contributed by atoms with E-state index in [2.05, 4.69) is 20.6 Å². The van der Waals surface area contributed by atoms with Crippen LogP contribution in [-0.4, -0.2) is 22.4 Å². The molecule has 1 aliphatic carbocycles. The third-order valence-corrected chi connectivity index (χ3v) is 5.16. The SMILES string of the molecule is O=C(Nc1ccc(NCC2CCCC2)cc1)c1cnc(-c2ccccc2)nc1. The van der Waals surface area contributed by atoms with E-state index in [-0.39, 0.29) is 5.91 Å². The van der Waals surface area contributed by atoms with Gasteiger partial charge in [-0.1, -0.05) is 43.2 Å². The van der Waals surface area contributed by atoms with Gasteiger partial charge in [-0.2, -0.15) is 0 Å². The number of carbonyl (C=O) groups is 1. The highest BCUT2D eigenvalue weighted by molar-refractivity contribution is 6.04. The summed E-state index contributed by atoms with van der Waals surface area (Å²) >= 11 is 0. The van der Waals surface area contributed by atoms with Gasteiger partial charge in [-0.05, 0) is 43.0 Å². The average molecular weight is 372 g/mol. The van der Waals surface area contributed by atoms with Gasteiger partial charge in [0.25, 0.3) is 5.91 Å². The van der Waals surface area contributed by atoms with E-state index in [0.29, 0.717) is 11.4 Å². The number of amides is 1. The summed E-state index contributed by atoms with van der Waals surface area (Å²) in [4.78, 5) is 21.1. The molecule has 0 bridgehead atoms. The standard InChI is InChI=1S/C23H24N4O/c28-23(19-15-25-22(26-16-19)18-8-2-1-3-9-18)27-21-12-10-20(11-13-21)24-14-17-6-4-5-7-17/h1-3,8-13,15-17,24H,4-7,14H2,(H,27,28). The highest BCUT2D eigenvalue weighted by Gasteiger charge is 2.14. The van der Waals surface area contributed by atoms with Crippen molar-refractivity contribution in [2.45, 2.75) is 25.7 Å². The summed E-state index contributed by atoms with van der Waals surface area (Å²) in [5, 5.41) is 6.38. The van der Waals surface area contributed by atoms with E-state index in [4.69, 9.17) is 0 Å². The Bertz CT molecular complexity index is 902. The molecule has 1 aromatic heterocycles. The molecule has 4 rings (SSSR count). The molecular weight excluding hydrogens is 348 g/mol. The van der Waals surface area contributed by atoms with Gasteiger partial charge in [0.05, 0.1) is 5.56 Å². The zero-order chi connectivity index (χ0) is 19.2. The summed E-state index contributed by atoms with van der Waals surface area (Å²) in [6, 6.07) is 17.5. The lowest BCUT2D eigenvalue weighted by molar-refractivity contribution is 0.102. The fraction of sp³-hybridized carbons (Fsp3) is 0.261. The number of nitrogens with one attached hydrogen (secondary N) is 2. The number of anilines is 2. The van der Waals surface area contributed by atoms with Crippen molar-refractivity contribution in [3.63, 3.8) is 0 Å². The largest absolute Gasteiger partial charge is 0.385 e. The Labute approximate surface area is 165 Å². The maximum Gasteiger partial charge on any atom is 0.258 e. The van der Waals surface area contributed by atoms with Crippen LogP contribution in [0.1, 0.15) is 36.0 Å². The number of nitrogens with zero attached hydrogens (tertiary/aromatic N) is 2. The molecule has 0 unspecified atom stereocenters. The second-order valence-electron chi connectivity index (χ2n) is 7.22. The number of carbonyl (C=O) groups excluding carboxylic acids is 1. The molecule has 1 heterocycles. The molecule has 28 heavy (non-hydrogen) atoms. The van der Waals surface area contributed by atoms with Crippen LogP contribution in [0.4, 0.5) is 11.4 Å². The lowest BCUT2D eigenvalue weighted by Gasteiger charge is -2.12. The third-order valence-electron chi connectivity index (χ3n) is 5.16. The maximum absolute atomic E-state index is 12.4. The highest BCUT2D eigenvalue weighted by Crippen LogP contribution is 2.25. The van der Waals surface area contributed by atoms with Crippen LogP contribution in [-0.2, 0) is 0 Å². The average Bonchev–Trinajstić information content (AvgIpc) is 3.28. The van der Waals surface area contributed by atoms with E-state index in [9.17, 15) is 4.79 Å². The summed E-state index contributed by atoms with van der Waals surface area (Å²) in [5.74, 6) is 1.18. The second-order valence-corrected chi connectivity index (χ2v) is 7.22. The van der Waals surface area contributed by atoms with Gasteiger partial charge in [0, 0.05) is 35.9 Å². The molecule has 1 amide bonds. The Balaban J connectivity index is 1.34. The lowest BCUT2D eigenvalue weighted by Crippen LogP contribution is -2.13. The number of rotatable bonds is 6. The molecule has 1 saturated carbocycles. The summed E-state index contributed by atoms with van der Waals surface area (Å²) in [7, 11) is 0. The third kappa shape index (κ3) is 4.55. The highest BCUT2D eigenvalue weighted by atomic mass is 16.1. The van der Waals surface area contributed by atoms with Crippen LogP contribution in [0.5, 0.6) is 0 Å². The van der Waals surface area contributed by atoms with Crippen LogP contribution in [0, 0.1) is 5.92 Å². The zero-order valence-corrected chi connectivity index (χ0v) is 15.8. The topological polar surface area (TPSA) is 66.9 Å². The molecule has 0 spiro atoms. The molecule has 3 aromatic rings. The summed E-state index contributed by atoms with van der Waals surface area (Å²) in [6.45, 7) is 1.02. The van der Waals surface area contributed by atoms with E-state index in [0.717, 1.165) is 29.4 Å². The fourth-order valence-corrected chi connectivity index (χ4v) is 3.53. The smallest absolute Gasteiger partial charge is 0.258 e. The van der Waals surface area contributed by atoms with Gasteiger partial charge in [-0.15, -0.1) is 0 Å². The van der Waals surface area contributed by atoms with Crippen LogP contribution < -0.4 is 10.6 Å². The van der Waals surface area contributed by atoms with Crippen molar-refractivity contribution in [2.75, 3.05) is 17.2 Å². The molecule has 1 fully saturated rings. The van der Waals surface area contributed by atoms with Crippen molar-refractivity contribution in [2.24, 2.45) is 5.92 Å². The number of aromatic nitrogens is 2. The first-order valence-electron chi connectivity index (χ1n) is 9.81. The Morgan fingerprint density at radius 1 is 0.893 bits per heavy atom. The van der Waals surface area contributed by atoms with Crippen molar-refractivity contribution in [1.29, 1.82) is 0 Å². The first kappa shape index (κ1) is 18.2. The molecule has 2 aromatic carbocycles. The van der Waals surface area contributed by atoms with Gasteiger partial charge in [-0.25, -0.2) is 9.97 Å². The van der Waals surface area contributed by atoms with Gasteiger partial charge >= 0.3 is 0 Å². The first-order chi connectivity index (χ1) is 13.8. The quantitative estimate of drug-likeness (QED) is 0.639. The van der Waals surface area contributed by atoms with E-state index >= 15 is 0 Å². The number of hydrogen-bond donors (Lipinski definition) is 2. The monoisotopic (exact) mass is 372 g/mol. The molecule has 0 atom stereocenters. The molecule has 0 saturated heterocycles. The Hall–Kier alpha value is -3.21. The van der Waals surface area contributed by atoms with Crippen LogP contribution >= 0.6 is 0 Å². The van der Waals surface area contributed by atoms with Gasteiger partial charge in [0.2, 0.25) is 0 Å². The van der Waals surface area contributed by atoms with Crippen molar-refractivity contribution in [3.8, 4) is 11.4 Å². The van der Waals surface area contributed by atoms with Crippen molar-refractivity contribution >= 4 is 17.3 Å². The maximum atomic E-state index is 12.4. The number of hydrogen-bond acceptors (Lipinski definition) is 4. The van der Waals surface area contributed by atoms with E-state index in [1.54, 1.807) is 12.4 Å². The van der Waals surface area contributed by atoms with Crippen LogP contribution in [0.2, 0.25) is 0 Å². The summed E-state index contributed by atoms with van der Waals surface area (Å²) in [5.41, 5.74) is 3.20. The normalized spacial score (nSPS) is 14.0. The molecule has 1 aliphatic rings. The predicted octanol–water partition coefficient (Wildman–Crippen LogP) is 5.00. The predicted molar refractivity (Wildman–Crippen MR) is 112 cm³/mol. The van der Waals surface area contributed by atoms with Crippen LogP contribution in [0.3, 0.4) is 0 Å². The molecule has 142 valence electrons. The van der Waals surface area contributed by atoms with Crippen molar-refractivity contribution in [1.82, 2.24) is 9.97 Å². The minimum atomic E-state index is -0.216. The van der Waals surface area contributed by atoms with Crippen LogP contribution in [0.25, 0.3) is 11.4 Å². The van der Waals surface area contributed by atoms with E-state index in [1.807, 2.05) is 54.6 Å². The van der Waals surface area contributed by atoms with Crippen LogP contribution in [0.15, 0.2) is 67.0 Å². The Kier molecular flexibility index (Phi) is 5.61. The molecular formula is C23H24N4O.